The summed E-state index contributed by atoms with van der Waals surface area (Å²) in [5.74, 6) is -0.0518. The summed E-state index contributed by atoms with van der Waals surface area (Å²) in [6.45, 7) is 4.36. The highest BCUT2D eigenvalue weighted by molar-refractivity contribution is 7.92. The van der Waals surface area contributed by atoms with E-state index in [4.69, 9.17) is 10.5 Å². The highest BCUT2D eigenvalue weighted by atomic mass is 32.2. The van der Waals surface area contributed by atoms with Crippen molar-refractivity contribution in [2.75, 3.05) is 17.1 Å². The number of ether oxygens (including phenoxy) is 1. The molecule has 0 aliphatic rings. The molecule has 0 aromatic heterocycles. The summed E-state index contributed by atoms with van der Waals surface area (Å²) >= 11 is 0. The van der Waals surface area contributed by atoms with Crippen LogP contribution in [0, 0.1) is 0 Å². The maximum absolute atomic E-state index is 11.7. The lowest BCUT2D eigenvalue weighted by Crippen LogP contribution is -2.21. The zero-order valence-electron chi connectivity index (χ0n) is 10.7. The number of nitrogens with two attached hydrogens (primary N) is 1. The van der Waals surface area contributed by atoms with Crippen molar-refractivity contribution in [1.29, 1.82) is 0 Å². The van der Waals surface area contributed by atoms with Crippen LogP contribution in [0.2, 0.25) is 0 Å². The van der Waals surface area contributed by atoms with Crippen LogP contribution >= 0.6 is 0 Å². The minimum Gasteiger partial charge on any atom is -0.378 e. The van der Waals surface area contributed by atoms with E-state index in [9.17, 15) is 8.42 Å². The van der Waals surface area contributed by atoms with Gasteiger partial charge in [0.15, 0.2) is 0 Å². The van der Waals surface area contributed by atoms with Crippen molar-refractivity contribution in [2.45, 2.75) is 26.5 Å². The van der Waals surface area contributed by atoms with Crippen LogP contribution in [0.4, 0.5) is 5.69 Å². The second-order valence-electron chi connectivity index (χ2n) is 4.24. The number of hydrogen-bond acceptors (Lipinski definition) is 4. The molecule has 5 nitrogen and oxygen atoms in total. The van der Waals surface area contributed by atoms with Crippen LogP contribution < -0.4 is 10.5 Å². The first-order valence-corrected chi connectivity index (χ1v) is 7.49. The molecule has 6 heteroatoms. The summed E-state index contributed by atoms with van der Waals surface area (Å²) in [5.41, 5.74) is 6.96. The molecular weight excluding hydrogens is 252 g/mol. The predicted octanol–water partition coefficient (Wildman–Crippen LogP) is 1.31. The second-order valence-corrected chi connectivity index (χ2v) is 6.08. The van der Waals surface area contributed by atoms with Gasteiger partial charge in [0.05, 0.1) is 18.5 Å². The molecule has 0 fully saturated rings. The van der Waals surface area contributed by atoms with Gasteiger partial charge in [-0.05, 0) is 31.5 Å². The van der Waals surface area contributed by atoms with Gasteiger partial charge in [-0.2, -0.15) is 0 Å². The van der Waals surface area contributed by atoms with E-state index in [1.54, 1.807) is 24.3 Å². The molecule has 0 heterocycles. The molecule has 1 aromatic rings. The van der Waals surface area contributed by atoms with Crippen molar-refractivity contribution in [2.24, 2.45) is 5.73 Å². The SMILES string of the molecule is CC(C)OCCS(=O)(=O)Nc1ccc(CN)cc1. The average Bonchev–Trinajstić information content (AvgIpc) is 2.28. The van der Waals surface area contributed by atoms with Gasteiger partial charge in [-0.1, -0.05) is 12.1 Å². The van der Waals surface area contributed by atoms with Crippen molar-refractivity contribution in [1.82, 2.24) is 0 Å². The Kier molecular flexibility index (Phi) is 5.58. The van der Waals surface area contributed by atoms with Crippen LogP contribution in [0.5, 0.6) is 0 Å². The number of nitrogens with one attached hydrogen (secondary N) is 1. The summed E-state index contributed by atoms with van der Waals surface area (Å²) in [4.78, 5) is 0. The lowest BCUT2D eigenvalue weighted by atomic mass is 10.2. The third-order valence-corrected chi connectivity index (χ3v) is 3.52. The van der Waals surface area contributed by atoms with Gasteiger partial charge in [0.1, 0.15) is 0 Å². The van der Waals surface area contributed by atoms with Gasteiger partial charge in [0, 0.05) is 12.2 Å². The molecule has 102 valence electrons. The Morgan fingerprint density at radius 1 is 1.28 bits per heavy atom. The molecule has 0 saturated carbocycles. The Labute approximate surface area is 108 Å². The van der Waals surface area contributed by atoms with E-state index in [1.807, 2.05) is 13.8 Å². The molecule has 0 spiro atoms. The Morgan fingerprint density at radius 3 is 2.39 bits per heavy atom. The zero-order chi connectivity index (χ0) is 13.6. The van der Waals surface area contributed by atoms with Gasteiger partial charge in [0.2, 0.25) is 10.0 Å². The normalized spacial score (nSPS) is 11.8. The highest BCUT2D eigenvalue weighted by Gasteiger charge is 2.10. The Bertz CT molecular complexity index is 455. The van der Waals surface area contributed by atoms with E-state index in [0.29, 0.717) is 12.2 Å². The van der Waals surface area contributed by atoms with Crippen molar-refractivity contribution in [3.8, 4) is 0 Å². The maximum atomic E-state index is 11.7. The summed E-state index contributed by atoms with van der Waals surface area (Å²) in [5, 5.41) is 0. The van der Waals surface area contributed by atoms with Gasteiger partial charge in [-0.15, -0.1) is 0 Å². The Hall–Kier alpha value is -1.11. The fraction of sp³-hybridized carbons (Fsp3) is 0.500. The van der Waals surface area contributed by atoms with Crippen molar-refractivity contribution in [3.63, 3.8) is 0 Å². The maximum Gasteiger partial charge on any atom is 0.234 e. The molecule has 0 radical (unpaired) electrons. The first-order valence-electron chi connectivity index (χ1n) is 5.84. The monoisotopic (exact) mass is 272 g/mol. The van der Waals surface area contributed by atoms with E-state index in [1.165, 1.54) is 0 Å². The van der Waals surface area contributed by atoms with Gasteiger partial charge in [-0.3, -0.25) is 4.72 Å². The smallest absolute Gasteiger partial charge is 0.234 e. The van der Waals surface area contributed by atoms with Crippen LogP contribution in [0.15, 0.2) is 24.3 Å². The van der Waals surface area contributed by atoms with E-state index < -0.39 is 10.0 Å². The van der Waals surface area contributed by atoms with Gasteiger partial charge in [0.25, 0.3) is 0 Å². The largest absolute Gasteiger partial charge is 0.378 e. The van der Waals surface area contributed by atoms with Gasteiger partial charge in [-0.25, -0.2) is 8.42 Å². The third kappa shape index (κ3) is 5.48. The average molecular weight is 272 g/mol. The van der Waals surface area contributed by atoms with E-state index >= 15 is 0 Å². The highest BCUT2D eigenvalue weighted by Crippen LogP contribution is 2.11. The second kappa shape index (κ2) is 6.72. The zero-order valence-corrected chi connectivity index (χ0v) is 11.5. The number of rotatable bonds is 7. The molecule has 0 bridgehead atoms. The van der Waals surface area contributed by atoms with Crippen LogP contribution in [0.1, 0.15) is 19.4 Å². The van der Waals surface area contributed by atoms with Crippen molar-refractivity contribution in [3.05, 3.63) is 29.8 Å². The van der Waals surface area contributed by atoms with Crippen LogP contribution in [0.3, 0.4) is 0 Å². The molecule has 0 unspecified atom stereocenters. The lowest BCUT2D eigenvalue weighted by molar-refractivity contribution is 0.0913. The first-order chi connectivity index (χ1) is 8.43. The third-order valence-electron chi connectivity index (χ3n) is 2.27. The molecule has 3 N–H and O–H groups in total. The summed E-state index contributed by atoms with van der Waals surface area (Å²) in [6.07, 6.45) is 0.0315. The molecule has 0 saturated heterocycles. The number of hydrogen-bond donors (Lipinski definition) is 2. The molecule has 0 aliphatic heterocycles. The molecule has 0 atom stereocenters. The summed E-state index contributed by atoms with van der Waals surface area (Å²) < 4.78 is 31.2. The summed E-state index contributed by atoms with van der Waals surface area (Å²) in [7, 11) is -3.36. The minimum atomic E-state index is -3.36. The lowest BCUT2D eigenvalue weighted by Gasteiger charge is -2.10. The fourth-order valence-corrected chi connectivity index (χ4v) is 2.25. The first kappa shape index (κ1) is 14.9. The van der Waals surface area contributed by atoms with E-state index in [-0.39, 0.29) is 18.5 Å². The Balaban J connectivity index is 2.53. The molecule has 0 aliphatic carbocycles. The number of sulfonamides is 1. The number of anilines is 1. The van der Waals surface area contributed by atoms with Crippen molar-refractivity contribution < 1.29 is 13.2 Å². The van der Waals surface area contributed by atoms with Crippen LogP contribution in [-0.2, 0) is 21.3 Å². The van der Waals surface area contributed by atoms with Crippen LogP contribution in [0.25, 0.3) is 0 Å². The van der Waals surface area contributed by atoms with Gasteiger partial charge >= 0.3 is 0 Å². The molecular formula is C12H20N2O3S. The molecule has 18 heavy (non-hydrogen) atoms. The van der Waals surface area contributed by atoms with Crippen molar-refractivity contribution >= 4 is 15.7 Å². The number of benzene rings is 1. The topological polar surface area (TPSA) is 81.4 Å². The fourth-order valence-electron chi connectivity index (χ4n) is 1.33. The van der Waals surface area contributed by atoms with E-state index in [2.05, 4.69) is 4.72 Å². The molecule has 1 aromatic carbocycles. The molecule has 1 rings (SSSR count). The Morgan fingerprint density at radius 2 is 1.89 bits per heavy atom. The quantitative estimate of drug-likeness (QED) is 0.784. The predicted molar refractivity (Wildman–Crippen MR) is 72.8 cm³/mol. The summed E-state index contributed by atoms with van der Waals surface area (Å²) in [6, 6.07) is 6.98. The minimum absolute atomic E-state index is 0.0315. The van der Waals surface area contributed by atoms with Gasteiger partial charge < -0.3 is 10.5 Å². The molecule has 0 amide bonds. The van der Waals surface area contributed by atoms with E-state index in [0.717, 1.165) is 5.56 Å². The standard InChI is InChI=1S/C12H20N2O3S/c1-10(2)17-7-8-18(15,16)14-12-5-3-11(9-13)4-6-12/h3-6,10,14H,7-9,13H2,1-2H3. The van der Waals surface area contributed by atoms with Crippen LogP contribution in [-0.4, -0.2) is 26.9 Å².